The number of halogens is 2. The van der Waals surface area contributed by atoms with Crippen molar-refractivity contribution in [2.24, 2.45) is 5.73 Å². The number of hydrogen-bond acceptors (Lipinski definition) is 2. The minimum Gasteiger partial charge on any atom is -0.322 e. The lowest BCUT2D eigenvalue weighted by Crippen LogP contribution is -2.12. The van der Waals surface area contributed by atoms with Crippen LogP contribution in [0, 0.1) is 23.5 Å². The SMILES string of the molecule is NCC#Cc1ccc(C(=O)Nc2ccc(F)c(F)c2)cc1. The fraction of sp³-hybridized carbons (Fsp3) is 0.0625. The molecule has 2 aromatic carbocycles. The van der Waals surface area contributed by atoms with Crippen LogP contribution in [0.4, 0.5) is 14.5 Å². The molecule has 3 nitrogen and oxygen atoms in total. The Balaban J connectivity index is 2.11. The van der Waals surface area contributed by atoms with E-state index < -0.39 is 17.5 Å². The van der Waals surface area contributed by atoms with Crippen LogP contribution in [-0.2, 0) is 0 Å². The third-order valence-electron chi connectivity index (χ3n) is 2.66. The van der Waals surface area contributed by atoms with Gasteiger partial charge < -0.3 is 11.1 Å². The third kappa shape index (κ3) is 3.88. The number of amides is 1. The lowest BCUT2D eigenvalue weighted by Gasteiger charge is -2.05. The van der Waals surface area contributed by atoms with Crippen molar-refractivity contribution in [2.45, 2.75) is 0 Å². The zero-order valence-electron chi connectivity index (χ0n) is 11.0. The van der Waals surface area contributed by atoms with Crippen LogP contribution in [0.2, 0.25) is 0 Å². The molecule has 0 bridgehead atoms. The molecule has 0 aliphatic rings. The van der Waals surface area contributed by atoms with Crippen LogP contribution in [0.25, 0.3) is 0 Å². The smallest absolute Gasteiger partial charge is 0.255 e. The maximum absolute atomic E-state index is 13.1. The predicted octanol–water partition coefficient (Wildman–Crippen LogP) is 2.53. The number of rotatable bonds is 2. The van der Waals surface area contributed by atoms with Crippen molar-refractivity contribution in [1.29, 1.82) is 0 Å². The molecule has 2 rings (SSSR count). The quantitative estimate of drug-likeness (QED) is 0.834. The Morgan fingerprint density at radius 2 is 1.81 bits per heavy atom. The Morgan fingerprint density at radius 3 is 2.43 bits per heavy atom. The Bertz CT molecular complexity index is 715. The molecule has 0 spiro atoms. The number of carbonyl (C=O) groups excluding carboxylic acids is 1. The van der Waals surface area contributed by atoms with E-state index in [0.29, 0.717) is 5.56 Å². The molecule has 0 saturated heterocycles. The maximum atomic E-state index is 13.1. The average molecular weight is 286 g/mol. The first-order valence-electron chi connectivity index (χ1n) is 6.15. The van der Waals surface area contributed by atoms with E-state index >= 15 is 0 Å². The highest BCUT2D eigenvalue weighted by Gasteiger charge is 2.08. The van der Waals surface area contributed by atoms with Crippen molar-refractivity contribution in [3.8, 4) is 11.8 Å². The summed E-state index contributed by atoms with van der Waals surface area (Å²) < 4.78 is 25.8. The molecule has 5 heteroatoms. The number of nitrogens with two attached hydrogens (primary N) is 1. The first kappa shape index (κ1) is 14.7. The minimum atomic E-state index is -1.01. The lowest BCUT2D eigenvalue weighted by atomic mass is 10.1. The van der Waals surface area contributed by atoms with Gasteiger partial charge in [-0.3, -0.25) is 4.79 Å². The van der Waals surface area contributed by atoms with Crippen LogP contribution >= 0.6 is 0 Å². The second-order valence-corrected chi connectivity index (χ2v) is 4.17. The van der Waals surface area contributed by atoms with Crippen molar-refractivity contribution in [1.82, 2.24) is 0 Å². The average Bonchev–Trinajstić information content (AvgIpc) is 2.49. The molecular formula is C16H12F2N2O. The highest BCUT2D eigenvalue weighted by Crippen LogP contribution is 2.14. The molecule has 0 radical (unpaired) electrons. The standard InChI is InChI=1S/C16H12F2N2O/c17-14-8-7-13(10-15(14)18)20-16(21)12-5-3-11(4-6-12)2-1-9-19/h3-8,10H,9,19H2,(H,20,21). The van der Waals surface area contributed by atoms with Gasteiger partial charge in [-0.2, -0.15) is 0 Å². The van der Waals surface area contributed by atoms with Gasteiger partial charge in [0.25, 0.3) is 5.91 Å². The molecule has 0 atom stereocenters. The first-order chi connectivity index (χ1) is 10.1. The van der Waals surface area contributed by atoms with E-state index in [1.807, 2.05) is 0 Å². The number of nitrogens with one attached hydrogen (secondary N) is 1. The molecule has 0 fully saturated rings. The topological polar surface area (TPSA) is 55.1 Å². The largest absolute Gasteiger partial charge is 0.322 e. The third-order valence-corrected chi connectivity index (χ3v) is 2.66. The predicted molar refractivity (Wildman–Crippen MR) is 76.7 cm³/mol. The molecule has 0 heterocycles. The van der Waals surface area contributed by atoms with Gasteiger partial charge >= 0.3 is 0 Å². The number of hydrogen-bond donors (Lipinski definition) is 2. The summed E-state index contributed by atoms with van der Waals surface area (Å²) in [5, 5.41) is 2.49. The monoisotopic (exact) mass is 286 g/mol. The van der Waals surface area contributed by atoms with Gasteiger partial charge in [0, 0.05) is 22.9 Å². The molecule has 2 aromatic rings. The summed E-state index contributed by atoms with van der Waals surface area (Å²) in [5.41, 5.74) is 6.58. The van der Waals surface area contributed by atoms with Gasteiger partial charge in [0.15, 0.2) is 11.6 Å². The summed E-state index contributed by atoms with van der Waals surface area (Å²) >= 11 is 0. The Hall–Kier alpha value is -2.71. The Morgan fingerprint density at radius 1 is 1.10 bits per heavy atom. The number of carbonyl (C=O) groups is 1. The van der Waals surface area contributed by atoms with Gasteiger partial charge in [0.2, 0.25) is 0 Å². The van der Waals surface area contributed by atoms with Gasteiger partial charge in [0.1, 0.15) is 0 Å². The van der Waals surface area contributed by atoms with Crippen LogP contribution in [0.3, 0.4) is 0 Å². The van der Waals surface area contributed by atoms with Gasteiger partial charge in [-0.1, -0.05) is 11.8 Å². The van der Waals surface area contributed by atoms with Gasteiger partial charge in [-0.25, -0.2) is 8.78 Å². The molecule has 0 aliphatic carbocycles. The van der Waals surface area contributed by atoms with Crippen LogP contribution in [-0.4, -0.2) is 12.5 Å². The van der Waals surface area contributed by atoms with Gasteiger partial charge in [-0.05, 0) is 36.4 Å². The first-order valence-corrected chi connectivity index (χ1v) is 6.15. The molecular weight excluding hydrogens is 274 g/mol. The van der Waals surface area contributed by atoms with Gasteiger partial charge in [-0.15, -0.1) is 0 Å². The molecule has 3 N–H and O–H groups in total. The molecule has 21 heavy (non-hydrogen) atoms. The van der Waals surface area contributed by atoms with E-state index in [1.54, 1.807) is 24.3 Å². The molecule has 0 aliphatic heterocycles. The molecule has 0 saturated carbocycles. The highest BCUT2D eigenvalue weighted by atomic mass is 19.2. The van der Waals surface area contributed by atoms with Crippen LogP contribution in [0.1, 0.15) is 15.9 Å². The van der Waals surface area contributed by atoms with Crippen molar-refractivity contribution in [2.75, 3.05) is 11.9 Å². The van der Waals surface area contributed by atoms with Crippen LogP contribution in [0.5, 0.6) is 0 Å². The van der Waals surface area contributed by atoms with E-state index in [9.17, 15) is 13.6 Å². The summed E-state index contributed by atoms with van der Waals surface area (Å²) in [5.74, 6) is 3.15. The summed E-state index contributed by atoms with van der Waals surface area (Å²) in [4.78, 5) is 12.0. The summed E-state index contributed by atoms with van der Waals surface area (Å²) in [7, 11) is 0. The van der Waals surface area contributed by atoms with E-state index in [2.05, 4.69) is 17.2 Å². The van der Waals surface area contributed by atoms with Gasteiger partial charge in [0.05, 0.1) is 6.54 Å². The molecule has 0 unspecified atom stereocenters. The zero-order chi connectivity index (χ0) is 15.2. The Kier molecular flexibility index (Phi) is 4.64. The lowest BCUT2D eigenvalue weighted by molar-refractivity contribution is 0.102. The Labute approximate surface area is 120 Å². The highest BCUT2D eigenvalue weighted by molar-refractivity contribution is 6.04. The second kappa shape index (κ2) is 6.64. The van der Waals surface area contributed by atoms with E-state index in [1.165, 1.54) is 6.07 Å². The second-order valence-electron chi connectivity index (χ2n) is 4.17. The van der Waals surface area contributed by atoms with Crippen LogP contribution in [0.15, 0.2) is 42.5 Å². The number of benzene rings is 2. The van der Waals surface area contributed by atoms with Crippen molar-refractivity contribution < 1.29 is 13.6 Å². The van der Waals surface area contributed by atoms with Crippen molar-refractivity contribution in [3.63, 3.8) is 0 Å². The van der Waals surface area contributed by atoms with E-state index in [-0.39, 0.29) is 12.2 Å². The molecule has 106 valence electrons. The van der Waals surface area contributed by atoms with Crippen LogP contribution < -0.4 is 11.1 Å². The molecule has 0 aromatic heterocycles. The summed E-state index contributed by atoms with van der Waals surface area (Å²) in [6.45, 7) is 0.262. The fourth-order valence-electron chi connectivity index (χ4n) is 1.64. The van der Waals surface area contributed by atoms with E-state index in [0.717, 1.165) is 17.7 Å². The summed E-state index contributed by atoms with van der Waals surface area (Å²) in [6, 6.07) is 9.72. The fourth-order valence-corrected chi connectivity index (χ4v) is 1.64. The maximum Gasteiger partial charge on any atom is 0.255 e. The summed E-state index contributed by atoms with van der Waals surface area (Å²) in [6.07, 6.45) is 0. The normalized spacial score (nSPS) is 9.67. The van der Waals surface area contributed by atoms with Crippen molar-refractivity contribution in [3.05, 3.63) is 65.2 Å². The van der Waals surface area contributed by atoms with E-state index in [4.69, 9.17) is 5.73 Å². The minimum absolute atomic E-state index is 0.186. The number of anilines is 1. The zero-order valence-corrected chi connectivity index (χ0v) is 11.0. The molecule has 1 amide bonds. The van der Waals surface area contributed by atoms with Crippen molar-refractivity contribution >= 4 is 11.6 Å².